The van der Waals surface area contributed by atoms with Gasteiger partial charge in [0.2, 0.25) is 11.8 Å². The normalized spacial score (nSPS) is 10.5. The second-order valence-electron chi connectivity index (χ2n) is 3.21. The van der Waals surface area contributed by atoms with Crippen molar-refractivity contribution in [3.8, 4) is 0 Å². The van der Waals surface area contributed by atoms with Gasteiger partial charge in [-0.2, -0.15) is 0 Å². The first kappa shape index (κ1) is 12.9. The van der Waals surface area contributed by atoms with Crippen LogP contribution in [0.3, 0.4) is 0 Å². The van der Waals surface area contributed by atoms with Crippen LogP contribution in [0.2, 0.25) is 6.55 Å². The zero-order valence-corrected chi connectivity index (χ0v) is 10.0. The minimum absolute atomic E-state index is 0.0598. The fourth-order valence-corrected chi connectivity index (χ4v) is 2.67. The van der Waals surface area contributed by atoms with Gasteiger partial charge in [-0.15, -0.1) is 6.58 Å². The van der Waals surface area contributed by atoms with Crippen molar-refractivity contribution in [3.05, 3.63) is 12.3 Å². The Labute approximate surface area is 85.9 Å². The average Bonchev–Trinajstić information content (AvgIpc) is 2.17. The molecule has 0 spiro atoms. The summed E-state index contributed by atoms with van der Waals surface area (Å²) in [6.45, 7) is 9.02. The number of hydrogen-bond acceptors (Lipinski definition) is 2. The summed E-state index contributed by atoms with van der Waals surface area (Å²) in [4.78, 5) is 28.0. The van der Waals surface area contributed by atoms with Crippen LogP contribution in [-0.4, -0.2) is 20.2 Å². The Morgan fingerprint density at radius 3 is 1.79 bits per heavy atom. The number of rotatable bonds is 5. The van der Waals surface area contributed by atoms with Crippen LogP contribution >= 0.6 is 0 Å². The van der Waals surface area contributed by atoms with Crippen LogP contribution < -0.4 is 9.96 Å². The number of nitrogens with one attached hydrogen (secondary N) is 2. The molecule has 0 heterocycles. The minimum Gasteiger partial charge on any atom is -0.362 e. The molecule has 0 atom stereocenters. The molecule has 0 saturated heterocycles. The highest BCUT2D eigenvalue weighted by Gasteiger charge is 2.27. The third kappa shape index (κ3) is 4.22. The van der Waals surface area contributed by atoms with Crippen LogP contribution in [0.1, 0.15) is 26.7 Å². The van der Waals surface area contributed by atoms with E-state index in [-0.39, 0.29) is 11.8 Å². The fourth-order valence-electron chi connectivity index (χ4n) is 0.889. The fraction of sp³-hybridized carbons (Fsp3) is 0.556. The van der Waals surface area contributed by atoms with E-state index in [2.05, 4.69) is 16.5 Å². The lowest BCUT2D eigenvalue weighted by atomic mass is 10.5. The van der Waals surface area contributed by atoms with Gasteiger partial charge in [-0.1, -0.05) is 19.5 Å². The molecule has 0 aliphatic rings. The van der Waals surface area contributed by atoms with Crippen molar-refractivity contribution in [3.63, 3.8) is 0 Å². The molecule has 80 valence electrons. The first-order chi connectivity index (χ1) is 6.47. The van der Waals surface area contributed by atoms with Crippen LogP contribution in [0, 0.1) is 0 Å². The Bertz CT molecular complexity index is 223. The minimum atomic E-state index is -2.33. The molecule has 0 bridgehead atoms. The summed E-state index contributed by atoms with van der Waals surface area (Å²) >= 11 is 0. The molecule has 5 heteroatoms. The van der Waals surface area contributed by atoms with Crippen LogP contribution in [-0.2, 0) is 9.59 Å². The summed E-state index contributed by atoms with van der Waals surface area (Å²) in [6.07, 6.45) is 0.830. The molecule has 0 rings (SSSR count). The molecule has 0 aromatic carbocycles. The van der Waals surface area contributed by atoms with E-state index in [1.54, 1.807) is 19.5 Å². The van der Waals surface area contributed by atoms with Gasteiger partial charge < -0.3 is 9.96 Å². The second-order valence-corrected chi connectivity index (χ2v) is 6.52. The van der Waals surface area contributed by atoms with Crippen molar-refractivity contribution in [2.24, 2.45) is 0 Å². The maximum atomic E-state index is 11.2. The molecular formula is C9H18N2O2Si. The summed E-state index contributed by atoms with van der Waals surface area (Å²) in [7, 11) is -2.33. The van der Waals surface area contributed by atoms with Gasteiger partial charge in [-0.05, 0) is 6.55 Å². The van der Waals surface area contributed by atoms with E-state index >= 15 is 0 Å². The van der Waals surface area contributed by atoms with E-state index < -0.39 is 8.40 Å². The Hall–Kier alpha value is -1.10. The van der Waals surface area contributed by atoms with Gasteiger partial charge in [-0.25, -0.2) is 0 Å². The number of carbonyl (C=O) groups is 2. The molecule has 0 aliphatic heterocycles. The Morgan fingerprint density at radius 2 is 1.57 bits per heavy atom. The topological polar surface area (TPSA) is 58.2 Å². The monoisotopic (exact) mass is 214 g/mol. The van der Waals surface area contributed by atoms with Crippen LogP contribution in [0.4, 0.5) is 0 Å². The molecule has 2 amide bonds. The quantitative estimate of drug-likeness (QED) is 0.666. The summed E-state index contributed by atoms with van der Waals surface area (Å²) in [5.41, 5.74) is 1.65. The third-order valence-corrected chi connectivity index (χ3v) is 4.26. The van der Waals surface area contributed by atoms with Crippen molar-refractivity contribution < 1.29 is 9.59 Å². The number of hydrogen-bond donors (Lipinski definition) is 2. The molecule has 14 heavy (non-hydrogen) atoms. The number of amides is 2. The van der Waals surface area contributed by atoms with Crippen LogP contribution in [0.25, 0.3) is 0 Å². The number of carbonyl (C=O) groups excluding carboxylic acids is 2. The molecule has 0 aliphatic carbocycles. The Morgan fingerprint density at radius 1 is 1.21 bits per heavy atom. The van der Waals surface area contributed by atoms with Crippen LogP contribution in [0.5, 0.6) is 0 Å². The lowest BCUT2D eigenvalue weighted by Crippen LogP contribution is -2.62. The highest BCUT2D eigenvalue weighted by molar-refractivity contribution is 6.82. The van der Waals surface area contributed by atoms with Crippen molar-refractivity contribution in [2.45, 2.75) is 33.2 Å². The average molecular weight is 214 g/mol. The van der Waals surface area contributed by atoms with E-state index in [1.165, 1.54) is 0 Å². The molecule has 0 saturated carbocycles. The van der Waals surface area contributed by atoms with Crippen molar-refractivity contribution in [1.29, 1.82) is 0 Å². The maximum Gasteiger partial charge on any atom is 0.285 e. The first-order valence-corrected chi connectivity index (χ1v) is 7.30. The first-order valence-electron chi connectivity index (χ1n) is 4.73. The molecule has 0 radical (unpaired) electrons. The van der Waals surface area contributed by atoms with Gasteiger partial charge in [0.25, 0.3) is 8.40 Å². The molecule has 2 N–H and O–H groups in total. The second kappa shape index (κ2) is 5.59. The molecule has 0 fully saturated rings. The lowest BCUT2D eigenvalue weighted by Gasteiger charge is -2.24. The Kier molecular flexibility index (Phi) is 5.15. The standard InChI is InChI=1S/C9H18N2O2Si/c1-5-8(12)10-14(4,7-3)11-9(13)6-2/h7H,3,5-6H2,1-2,4H3,(H,10,12)(H,11,13). The zero-order chi connectivity index (χ0) is 11.2. The van der Waals surface area contributed by atoms with E-state index in [0.29, 0.717) is 12.8 Å². The van der Waals surface area contributed by atoms with Gasteiger partial charge in [0.15, 0.2) is 0 Å². The summed E-state index contributed by atoms with van der Waals surface area (Å²) in [5.74, 6) is -0.120. The van der Waals surface area contributed by atoms with E-state index in [0.717, 1.165) is 0 Å². The van der Waals surface area contributed by atoms with Gasteiger partial charge in [-0.3, -0.25) is 9.59 Å². The molecule has 0 aromatic rings. The van der Waals surface area contributed by atoms with E-state index in [1.807, 2.05) is 6.55 Å². The smallest absolute Gasteiger partial charge is 0.285 e. The van der Waals surface area contributed by atoms with Gasteiger partial charge >= 0.3 is 0 Å². The molecule has 0 unspecified atom stereocenters. The summed E-state index contributed by atoms with van der Waals surface area (Å²) in [5, 5.41) is 0. The predicted molar refractivity (Wildman–Crippen MR) is 58.7 cm³/mol. The highest BCUT2D eigenvalue weighted by Crippen LogP contribution is 1.96. The summed E-state index contributed by atoms with van der Waals surface area (Å²) < 4.78 is 0. The maximum absolute atomic E-state index is 11.2. The Balaban J connectivity index is 4.39. The van der Waals surface area contributed by atoms with Gasteiger partial charge in [0.05, 0.1) is 0 Å². The SMILES string of the molecule is C=C[Si](C)(NC(=O)CC)NC(=O)CC. The molecule has 4 nitrogen and oxygen atoms in total. The molecular weight excluding hydrogens is 196 g/mol. The zero-order valence-electron chi connectivity index (χ0n) is 9.02. The van der Waals surface area contributed by atoms with Crippen molar-refractivity contribution in [2.75, 3.05) is 0 Å². The highest BCUT2D eigenvalue weighted by atomic mass is 28.3. The predicted octanol–water partition coefficient (Wildman–Crippen LogP) is 0.836. The van der Waals surface area contributed by atoms with Crippen molar-refractivity contribution in [1.82, 2.24) is 9.96 Å². The van der Waals surface area contributed by atoms with Crippen molar-refractivity contribution >= 4 is 20.2 Å². The van der Waals surface area contributed by atoms with E-state index in [9.17, 15) is 9.59 Å². The summed E-state index contributed by atoms with van der Waals surface area (Å²) in [6, 6.07) is 0. The lowest BCUT2D eigenvalue weighted by molar-refractivity contribution is -0.119. The molecule has 0 aromatic heterocycles. The third-order valence-electron chi connectivity index (χ3n) is 1.85. The van der Waals surface area contributed by atoms with Crippen LogP contribution in [0.15, 0.2) is 12.3 Å². The largest absolute Gasteiger partial charge is 0.362 e. The van der Waals surface area contributed by atoms with E-state index in [4.69, 9.17) is 0 Å². The van der Waals surface area contributed by atoms with Gasteiger partial charge in [0, 0.05) is 12.8 Å². The van der Waals surface area contributed by atoms with Gasteiger partial charge in [0.1, 0.15) is 0 Å².